The van der Waals surface area contributed by atoms with Crippen molar-refractivity contribution in [2.75, 3.05) is 0 Å². The molecule has 0 aliphatic carbocycles. The van der Waals surface area contributed by atoms with E-state index in [-0.39, 0.29) is 0 Å². The fourth-order valence-corrected chi connectivity index (χ4v) is 1.40. The summed E-state index contributed by atoms with van der Waals surface area (Å²) in [5.74, 6) is 1.01. The molecule has 2 N–H and O–H groups in total. The van der Waals surface area contributed by atoms with Gasteiger partial charge < -0.3 is 5.73 Å². The Morgan fingerprint density at radius 1 is 1.47 bits per heavy atom. The third-order valence-electron chi connectivity index (χ3n) is 2.67. The Bertz CT molecular complexity index is 374. The molecule has 0 saturated carbocycles. The molecule has 0 aromatic carbocycles. The number of amidine groups is 1. The first-order valence-corrected chi connectivity index (χ1v) is 5.22. The maximum atomic E-state index is 5.79. The number of aromatic nitrogens is 2. The molecule has 0 spiro atoms. The topological polar surface area (TPSA) is 56.2 Å². The van der Waals surface area contributed by atoms with Crippen LogP contribution in [0.4, 0.5) is 0 Å². The molecule has 1 aromatic rings. The van der Waals surface area contributed by atoms with Crippen molar-refractivity contribution < 1.29 is 0 Å². The average Bonchev–Trinajstić information content (AvgIpc) is 2.38. The van der Waals surface area contributed by atoms with E-state index in [4.69, 9.17) is 5.73 Å². The molecule has 15 heavy (non-hydrogen) atoms. The molecule has 0 radical (unpaired) electrons. The summed E-state index contributed by atoms with van der Waals surface area (Å²) >= 11 is 0. The summed E-state index contributed by atoms with van der Waals surface area (Å²) in [6.45, 7) is 8.78. The first-order valence-electron chi connectivity index (χ1n) is 5.22. The van der Waals surface area contributed by atoms with Crippen molar-refractivity contribution >= 4 is 5.84 Å². The second-order valence-corrected chi connectivity index (χ2v) is 4.17. The van der Waals surface area contributed by atoms with Crippen LogP contribution >= 0.6 is 0 Å². The molecule has 0 fully saturated rings. The summed E-state index contributed by atoms with van der Waals surface area (Å²) in [5, 5.41) is 4.34. The van der Waals surface area contributed by atoms with Gasteiger partial charge in [-0.05, 0) is 13.8 Å². The Labute approximate surface area is 91.2 Å². The van der Waals surface area contributed by atoms with Crippen molar-refractivity contribution in [3.05, 3.63) is 17.0 Å². The number of aliphatic imine (C=N–C) groups is 1. The number of rotatable bonds is 3. The largest absolute Gasteiger partial charge is 0.387 e. The van der Waals surface area contributed by atoms with Gasteiger partial charge in [-0.1, -0.05) is 13.8 Å². The van der Waals surface area contributed by atoms with Crippen LogP contribution in [-0.2, 0) is 13.6 Å². The summed E-state index contributed by atoms with van der Waals surface area (Å²) in [6, 6.07) is 0. The van der Waals surface area contributed by atoms with Gasteiger partial charge in [0.05, 0.1) is 18.1 Å². The minimum atomic E-state index is 0.308. The minimum Gasteiger partial charge on any atom is -0.387 e. The highest BCUT2D eigenvalue weighted by atomic mass is 15.3. The number of nitrogens with zero attached hydrogens (tertiary/aromatic N) is 3. The lowest BCUT2D eigenvalue weighted by Gasteiger charge is -2.04. The van der Waals surface area contributed by atoms with E-state index in [1.165, 1.54) is 5.56 Å². The molecule has 1 aromatic heterocycles. The highest BCUT2D eigenvalue weighted by molar-refractivity contribution is 5.82. The van der Waals surface area contributed by atoms with Crippen LogP contribution in [0.5, 0.6) is 0 Å². The number of nitrogens with two attached hydrogens (primary N) is 1. The molecular formula is C11H20N4. The van der Waals surface area contributed by atoms with Crippen LogP contribution in [0.1, 0.15) is 30.8 Å². The van der Waals surface area contributed by atoms with Gasteiger partial charge in [0, 0.05) is 24.2 Å². The normalized spacial score (nSPS) is 12.5. The van der Waals surface area contributed by atoms with Crippen molar-refractivity contribution in [1.29, 1.82) is 0 Å². The molecule has 1 heterocycles. The zero-order chi connectivity index (χ0) is 11.6. The molecule has 0 atom stereocenters. The first kappa shape index (κ1) is 11.8. The van der Waals surface area contributed by atoms with E-state index in [0.29, 0.717) is 18.3 Å². The van der Waals surface area contributed by atoms with Crippen LogP contribution in [0.2, 0.25) is 0 Å². The molecule has 84 valence electrons. The Hall–Kier alpha value is -1.32. The van der Waals surface area contributed by atoms with Crippen LogP contribution < -0.4 is 5.73 Å². The van der Waals surface area contributed by atoms with Crippen LogP contribution in [0.25, 0.3) is 0 Å². The van der Waals surface area contributed by atoms with Gasteiger partial charge in [0.25, 0.3) is 0 Å². The number of aryl methyl sites for hydroxylation is 2. The van der Waals surface area contributed by atoms with Crippen molar-refractivity contribution in [3.8, 4) is 0 Å². The van der Waals surface area contributed by atoms with Crippen molar-refractivity contribution in [1.82, 2.24) is 9.78 Å². The fraction of sp³-hybridized carbons (Fsp3) is 0.636. The predicted octanol–water partition coefficient (Wildman–Crippen LogP) is 1.55. The molecule has 4 heteroatoms. The highest BCUT2D eigenvalue weighted by Crippen LogP contribution is 2.13. The molecule has 1 rings (SSSR count). The maximum absolute atomic E-state index is 5.79. The predicted molar refractivity (Wildman–Crippen MR) is 62.8 cm³/mol. The van der Waals surface area contributed by atoms with Gasteiger partial charge in [-0.3, -0.25) is 9.67 Å². The Kier molecular flexibility index (Phi) is 3.50. The van der Waals surface area contributed by atoms with E-state index in [1.807, 2.05) is 32.5 Å². The fourth-order valence-electron chi connectivity index (χ4n) is 1.40. The SMILES string of the molecule is Cc1nn(C)c(C)c1CN=C(N)C(C)C. The Balaban J connectivity index is 2.86. The Morgan fingerprint density at radius 3 is 2.47 bits per heavy atom. The highest BCUT2D eigenvalue weighted by Gasteiger charge is 2.08. The summed E-state index contributed by atoms with van der Waals surface area (Å²) in [5.41, 5.74) is 9.17. The summed E-state index contributed by atoms with van der Waals surface area (Å²) < 4.78 is 1.88. The standard InChI is InChI=1S/C11H20N4/c1-7(2)11(12)13-6-10-8(3)14-15(5)9(10)4/h7H,6H2,1-5H3,(H2,12,13). The van der Waals surface area contributed by atoms with Gasteiger partial charge in [-0.2, -0.15) is 5.10 Å². The van der Waals surface area contributed by atoms with Gasteiger partial charge in [-0.15, -0.1) is 0 Å². The summed E-state index contributed by atoms with van der Waals surface area (Å²) in [6.07, 6.45) is 0. The smallest absolute Gasteiger partial charge is 0.0967 e. The molecular weight excluding hydrogens is 188 g/mol. The van der Waals surface area contributed by atoms with Crippen LogP contribution in [0.3, 0.4) is 0 Å². The third kappa shape index (κ3) is 2.58. The van der Waals surface area contributed by atoms with Gasteiger partial charge in [0.15, 0.2) is 0 Å². The molecule has 0 aliphatic heterocycles. The molecule has 0 amide bonds. The van der Waals surface area contributed by atoms with Gasteiger partial charge >= 0.3 is 0 Å². The van der Waals surface area contributed by atoms with E-state index in [0.717, 1.165) is 11.4 Å². The number of hydrogen-bond donors (Lipinski definition) is 1. The second kappa shape index (κ2) is 4.47. The lowest BCUT2D eigenvalue weighted by Crippen LogP contribution is -2.18. The first-order chi connectivity index (χ1) is 6.93. The van der Waals surface area contributed by atoms with Crippen LogP contribution in [-0.4, -0.2) is 15.6 Å². The van der Waals surface area contributed by atoms with Crippen molar-refractivity contribution in [2.24, 2.45) is 23.7 Å². The average molecular weight is 208 g/mol. The maximum Gasteiger partial charge on any atom is 0.0967 e. The zero-order valence-corrected chi connectivity index (χ0v) is 10.2. The molecule has 4 nitrogen and oxygen atoms in total. The van der Waals surface area contributed by atoms with E-state index in [2.05, 4.69) is 17.0 Å². The second-order valence-electron chi connectivity index (χ2n) is 4.17. The van der Waals surface area contributed by atoms with Gasteiger partial charge in [0.2, 0.25) is 0 Å². The molecule has 0 aliphatic rings. The van der Waals surface area contributed by atoms with Gasteiger partial charge in [0.1, 0.15) is 0 Å². The Morgan fingerprint density at radius 2 is 2.07 bits per heavy atom. The minimum absolute atomic E-state index is 0.308. The summed E-state index contributed by atoms with van der Waals surface area (Å²) in [4.78, 5) is 4.37. The zero-order valence-electron chi connectivity index (χ0n) is 10.2. The van der Waals surface area contributed by atoms with E-state index >= 15 is 0 Å². The molecule has 0 saturated heterocycles. The van der Waals surface area contributed by atoms with Crippen molar-refractivity contribution in [2.45, 2.75) is 34.2 Å². The van der Waals surface area contributed by atoms with E-state index in [9.17, 15) is 0 Å². The van der Waals surface area contributed by atoms with Crippen LogP contribution in [0, 0.1) is 19.8 Å². The van der Waals surface area contributed by atoms with Gasteiger partial charge in [-0.25, -0.2) is 0 Å². The lowest BCUT2D eigenvalue weighted by atomic mass is 10.2. The van der Waals surface area contributed by atoms with Crippen molar-refractivity contribution in [3.63, 3.8) is 0 Å². The van der Waals surface area contributed by atoms with Crippen LogP contribution in [0.15, 0.2) is 4.99 Å². The molecule has 0 unspecified atom stereocenters. The summed E-state index contributed by atoms with van der Waals surface area (Å²) in [7, 11) is 1.95. The monoisotopic (exact) mass is 208 g/mol. The number of hydrogen-bond acceptors (Lipinski definition) is 2. The lowest BCUT2D eigenvalue weighted by molar-refractivity contribution is 0.730. The third-order valence-corrected chi connectivity index (χ3v) is 2.67. The van der Waals surface area contributed by atoms with E-state index < -0.39 is 0 Å². The van der Waals surface area contributed by atoms with E-state index in [1.54, 1.807) is 0 Å². The molecule has 0 bridgehead atoms. The quantitative estimate of drug-likeness (QED) is 0.605.